The fraction of sp³-hybridized carbons (Fsp3) is 0.909. The first-order valence-corrected chi connectivity index (χ1v) is 5.74. The number of carbonyl (C=O) groups is 1. The number of rotatable bonds is 4. The number of nitrogens with two attached hydrogens (primary N) is 1. The zero-order chi connectivity index (χ0) is 11.3. The Balaban J connectivity index is 0.00000225. The first kappa shape index (κ1) is 15.7. The van der Waals surface area contributed by atoms with Crippen LogP contribution < -0.4 is 5.73 Å². The maximum atomic E-state index is 11.7. The summed E-state index contributed by atoms with van der Waals surface area (Å²) in [6.07, 6.45) is 2.55. The summed E-state index contributed by atoms with van der Waals surface area (Å²) in [6.45, 7) is 6.09. The molecule has 16 heavy (non-hydrogen) atoms. The molecule has 0 aromatic carbocycles. The Morgan fingerprint density at radius 3 is 2.50 bits per heavy atom. The lowest BCUT2D eigenvalue weighted by Crippen LogP contribution is -2.43. The molecule has 1 rings (SSSR count). The van der Waals surface area contributed by atoms with Gasteiger partial charge in [-0.2, -0.15) is 0 Å². The van der Waals surface area contributed by atoms with E-state index >= 15 is 0 Å². The number of piperidine rings is 1. The van der Waals surface area contributed by atoms with E-state index in [0.29, 0.717) is 13.0 Å². The first-order valence-electron chi connectivity index (χ1n) is 5.74. The van der Waals surface area contributed by atoms with Gasteiger partial charge in [0, 0.05) is 19.1 Å². The summed E-state index contributed by atoms with van der Waals surface area (Å²) in [5, 5.41) is 0. The van der Waals surface area contributed by atoms with Gasteiger partial charge in [0.05, 0.1) is 19.1 Å². The molecule has 1 aliphatic rings. The second kappa shape index (κ2) is 7.87. The largest absolute Gasteiger partial charge is 0.378 e. The van der Waals surface area contributed by atoms with Gasteiger partial charge in [-0.3, -0.25) is 4.79 Å². The van der Waals surface area contributed by atoms with Crippen LogP contribution in [0.1, 0.15) is 33.1 Å². The van der Waals surface area contributed by atoms with Gasteiger partial charge in [0.2, 0.25) is 5.91 Å². The highest BCUT2D eigenvalue weighted by molar-refractivity contribution is 5.85. The van der Waals surface area contributed by atoms with Crippen molar-refractivity contribution in [1.29, 1.82) is 0 Å². The Hall–Kier alpha value is -0.320. The van der Waals surface area contributed by atoms with Crippen LogP contribution in [0.4, 0.5) is 0 Å². The average Bonchev–Trinajstić information content (AvgIpc) is 2.18. The second-order valence-electron chi connectivity index (χ2n) is 4.39. The van der Waals surface area contributed by atoms with E-state index in [0.717, 1.165) is 25.9 Å². The average molecular weight is 251 g/mol. The molecule has 0 aliphatic carbocycles. The summed E-state index contributed by atoms with van der Waals surface area (Å²) in [5.74, 6) is 0.197. The normalized spacial score (nSPS) is 17.4. The summed E-state index contributed by atoms with van der Waals surface area (Å²) in [6, 6.07) is 0.279. The number of amides is 1. The van der Waals surface area contributed by atoms with Crippen LogP contribution in [0.15, 0.2) is 0 Å². The Labute approximate surface area is 104 Å². The van der Waals surface area contributed by atoms with E-state index in [-0.39, 0.29) is 30.5 Å². The molecule has 1 fully saturated rings. The van der Waals surface area contributed by atoms with Crippen molar-refractivity contribution in [1.82, 2.24) is 4.90 Å². The molecular formula is C11H23ClN2O2. The molecule has 0 saturated carbocycles. The summed E-state index contributed by atoms with van der Waals surface area (Å²) in [7, 11) is 0. The van der Waals surface area contributed by atoms with Crippen LogP contribution in [0.3, 0.4) is 0 Å². The van der Waals surface area contributed by atoms with Crippen LogP contribution in [0.2, 0.25) is 0 Å². The third-order valence-corrected chi connectivity index (χ3v) is 2.66. The number of carbonyl (C=O) groups excluding carboxylic acids is 1. The second-order valence-corrected chi connectivity index (χ2v) is 4.39. The molecule has 2 N–H and O–H groups in total. The van der Waals surface area contributed by atoms with Crippen molar-refractivity contribution >= 4 is 18.3 Å². The standard InChI is InChI=1S/C11H22N2O2.ClH/c1-9(2)15-8-5-11(14)13-6-3-10(12)4-7-13;/h9-10H,3-8,12H2,1-2H3;1H. The van der Waals surface area contributed by atoms with E-state index in [9.17, 15) is 4.79 Å². The van der Waals surface area contributed by atoms with Crippen molar-refractivity contribution in [2.24, 2.45) is 5.73 Å². The number of hydrogen-bond acceptors (Lipinski definition) is 3. The number of halogens is 1. The lowest BCUT2D eigenvalue weighted by molar-refractivity contribution is -0.133. The molecule has 0 unspecified atom stereocenters. The molecule has 4 nitrogen and oxygen atoms in total. The predicted octanol–water partition coefficient (Wildman–Crippen LogP) is 1.17. The van der Waals surface area contributed by atoms with Gasteiger partial charge < -0.3 is 15.4 Å². The van der Waals surface area contributed by atoms with Gasteiger partial charge >= 0.3 is 0 Å². The van der Waals surface area contributed by atoms with Crippen LogP contribution >= 0.6 is 12.4 Å². The number of likely N-dealkylation sites (tertiary alicyclic amines) is 1. The van der Waals surface area contributed by atoms with E-state index < -0.39 is 0 Å². The third kappa shape index (κ3) is 5.68. The highest BCUT2D eigenvalue weighted by Gasteiger charge is 2.19. The molecule has 1 heterocycles. The van der Waals surface area contributed by atoms with Crippen LogP contribution in [-0.2, 0) is 9.53 Å². The van der Waals surface area contributed by atoms with Crippen LogP contribution in [0, 0.1) is 0 Å². The minimum absolute atomic E-state index is 0. The smallest absolute Gasteiger partial charge is 0.224 e. The van der Waals surface area contributed by atoms with E-state index in [1.165, 1.54) is 0 Å². The van der Waals surface area contributed by atoms with Crippen molar-refractivity contribution < 1.29 is 9.53 Å². The van der Waals surface area contributed by atoms with E-state index in [1.807, 2.05) is 18.7 Å². The van der Waals surface area contributed by atoms with Gasteiger partial charge in [-0.25, -0.2) is 0 Å². The summed E-state index contributed by atoms with van der Waals surface area (Å²) in [5.41, 5.74) is 5.77. The van der Waals surface area contributed by atoms with Gasteiger partial charge in [-0.15, -0.1) is 12.4 Å². The Morgan fingerprint density at radius 1 is 1.44 bits per heavy atom. The minimum atomic E-state index is 0. The Kier molecular flexibility index (Phi) is 7.72. The highest BCUT2D eigenvalue weighted by Crippen LogP contribution is 2.09. The molecule has 0 aromatic heterocycles. The van der Waals surface area contributed by atoms with Crippen molar-refractivity contribution in [2.75, 3.05) is 19.7 Å². The van der Waals surface area contributed by atoms with E-state index in [2.05, 4.69) is 0 Å². The Morgan fingerprint density at radius 2 is 2.00 bits per heavy atom. The maximum absolute atomic E-state index is 11.7. The molecule has 1 aliphatic heterocycles. The first-order chi connectivity index (χ1) is 7.09. The molecule has 1 amide bonds. The molecule has 5 heteroatoms. The number of ether oxygens (including phenoxy) is 1. The van der Waals surface area contributed by atoms with Gasteiger partial charge in [0.25, 0.3) is 0 Å². The summed E-state index contributed by atoms with van der Waals surface area (Å²) < 4.78 is 5.35. The fourth-order valence-corrected chi connectivity index (χ4v) is 1.69. The molecule has 0 spiro atoms. The van der Waals surface area contributed by atoms with Crippen molar-refractivity contribution in [3.63, 3.8) is 0 Å². The quantitative estimate of drug-likeness (QED) is 0.815. The minimum Gasteiger partial charge on any atom is -0.378 e. The molecule has 0 atom stereocenters. The fourth-order valence-electron chi connectivity index (χ4n) is 1.69. The molecule has 0 bridgehead atoms. The van der Waals surface area contributed by atoms with Crippen molar-refractivity contribution in [2.45, 2.75) is 45.3 Å². The van der Waals surface area contributed by atoms with Crippen LogP contribution in [0.25, 0.3) is 0 Å². The topological polar surface area (TPSA) is 55.6 Å². The lowest BCUT2D eigenvalue weighted by atomic mass is 10.1. The molecular weight excluding hydrogens is 228 g/mol. The molecule has 1 saturated heterocycles. The van der Waals surface area contributed by atoms with Crippen molar-refractivity contribution in [3.05, 3.63) is 0 Å². The number of hydrogen-bond donors (Lipinski definition) is 1. The highest BCUT2D eigenvalue weighted by atomic mass is 35.5. The van der Waals surface area contributed by atoms with Gasteiger partial charge in [0.1, 0.15) is 0 Å². The molecule has 0 aromatic rings. The molecule has 96 valence electrons. The molecule has 0 radical (unpaired) electrons. The summed E-state index contributed by atoms with van der Waals surface area (Å²) in [4.78, 5) is 13.6. The van der Waals surface area contributed by atoms with E-state index in [1.54, 1.807) is 0 Å². The maximum Gasteiger partial charge on any atom is 0.224 e. The van der Waals surface area contributed by atoms with Crippen LogP contribution in [-0.4, -0.2) is 42.6 Å². The van der Waals surface area contributed by atoms with Crippen LogP contribution in [0.5, 0.6) is 0 Å². The zero-order valence-corrected chi connectivity index (χ0v) is 11.0. The van der Waals surface area contributed by atoms with E-state index in [4.69, 9.17) is 10.5 Å². The van der Waals surface area contributed by atoms with Gasteiger partial charge in [-0.1, -0.05) is 0 Å². The summed E-state index contributed by atoms with van der Waals surface area (Å²) >= 11 is 0. The van der Waals surface area contributed by atoms with Gasteiger partial charge in [0.15, 0.2) is 0 Å². The predicted molar refractivity (Wildman–Crippen MR) is 66.7 cm³/mol. The van der Waals surface area contributed by atoms with Gasteiger partial charge in [-0.05, 0) is 26.7 Å². The number of nitrogens with zero attached hydrogens (tertiary/aromatic N) is 1. The Bertz CT molecular complexity index is 204. The monoisotopic (exact) mass is 250 g/mol. The zero-order valence-electron chi connectivity index (χ0n) is 10.1. The third-order valence-electron chi connectivity index (χ3n) is 2.66. The SMILES string of the molecule is CC(C)OCCC(=O)N1CCC(N)CC1.Cl. The lowest BCUT2D eigenvalue weighted by Gasteiger charge is -2.30. The van der Waals surface area contributed by atoms with Crippen molar-refractivity contribution in [3.8, 4) is 0 Å².